The van der Waals surface area contributed by atoms with E-state index in [4.69, 9.17) is 9.84 Å². The highest BCUT2D eigenvalue weighted by atomic mass is 16.5. The zero-order valence-electron chi connectivity index (χ0n) is 11.1. The molecule has 100 valence electrons. The van der Waals surface area contributed by atoms with E-state index in [9.17, 15) is 4.79 Å². The number of carboxylic acids is 1. The Hall–Kier alpha value is -1.55. The van der Waals surface area contributed by atoms with Gasteiger partial charge in [-0.25, -0.2) is 0 Å². The van der Waals surface area contributed by atoms with Crippen LogP contribution in [0.3, 0.4) is 0 Å². The van der Waals surface area contributed by atoms with Gasteiger partial charge >= 0.3 is 5.97 Å². The Morgan fingerprint density at radius 2 is 1.94 bits per heavy atom. The number of aliphatic carboxylic acids is 1. The Morgan fingerprint density at radius 3 is 2.50 bits per heavy atom. The van der Waals surface area contributed by atoms with Crippen molar-refractivity contribution in [2.75, 3.05) is 26.2 Å². The summed E-state index contributed by atoms with van der Waals surface area (Å²) in [5.41, 5.74) is 1.21. The summed E-state index contributed by atoms with van der Waals surface area (Å²) in [6.07, 6.45) is 0.179. The fourth-order valence-corrected chi connectivity index (χ4v) is 1.61. The molecule has 0 aliphatic rings. The van der Waals surface area contributed by atoms with Gasteiger partial charge in [0, 0.05) is 13.1 Å². The van der Waals surface area contributed by atoms with Crippen molar-refractivity contribution in [2.45, 2.75) is 20.3 Å². The second kappa shape index (κ2) is 7.71. The summed E-state index contributed by atoms with van der Waals surface area (Å²) in [6, 6.07) is 7.92. The van der Waals surface area contributed by atoms with Gasteiger partial charge in [0.1, 0.15) is 12.4 Å². The number of hydrogen-bond donors (Lipinski definition) is 1. The molecule has 0 bridgehead atoms. The van der Waals surface area contributed by atoms with Crippen molar-refractivity contribution >= 4 is 5.97 Å². The van der Waals surface area contributed by atoms with Crippen molar-refractivity contribution in [3.8, 4) is 5.75 Å². The third-order valence-corrected chi connectivity index (χ3v) is 2.79. The van der Waals surface area contributed by atoms with Crippen LogP contribution in [0.4, 0.5) is 0 Å². The average Bonchev–Trinajstić information content (AvgIpc) is 2.35. The second-order valence-electron chi connectivity index (χ2n) is 4.24. The summed E-state index contributed by atoms with van der Waals surface area (Å²) in [7, 11) is 0. The van der Waals surface area contributed by atoms with Gasteiger partial charge in [-0.1, -0.05) is 24.6 Å². The molecule has 0 heterocycles. The third kappa shape index (κ3) is 5.68. The van der Waals surface area contributed by atoms with Crippen molar-refractivity contribution in [1.82, 2.24) is 4.90 Å². The van der Waals surface area contributed by atoms with Crippen LogP contribution in [0.25, 0.3) is 0 Å². The normalized spacial score (nSPS) is 10.6. The number of rotatable bonds is 8. The molecule has 1 aromatic rings. The molecule has 0 radical (unpaired) electrons. The van der Waals surface area contributed by atoms with Crippen molar-refractivity contribution in [3.05, 3.63) is 29.8 Å². The predicted octanol–water partition coefficient (Wildman–Crippen LogP) is 2.17. The minimum atomic E-state index is -0.757. The van der Waals surface area contributed by atoms with Crippen LogP contribution in [0.2, 0.25) is 0 Å². The molecule has 0 amide bonds. The molecular formula is C14H21NO3. The fraction of sp³-hybridized carbons (Fsp3) is 0.500. The molecule has 0 aliphatic carbocycles. The van der Waals surface area contributed by atoms with Gasteiger partial charge in [-0.15, -0.1) is 0 Å². The van der Waals surface area contributed by atoms with Crippen LogP contribution in [0.1, 0.15) is 18.9 Å². The average molecular weight is 251 g/mol. The molecule has 0 unspecified atom stereocenters. The van der Waals surface area contributed by atoms with Gasteiger partial charge in [0.2, 0.25) is 0 Å². The largest absolute Gasteiger partial charge is 0.492 e. The molecule has 1 aromatic carbocycles. The summed E-state index contributed by atoms with van der Waals surface area (Å²) in [5, 5.41) is 8.63. The summed E-state index contributed by atoms with van der Waals surface area (Å²) < 4.78 is 5.61. The van der Waals surface area contributed by atoms with Crippen LogP contribution in [-0.2, 0) is 4.79 Å². The summed E-state index contributed by atoms with van der Waals surface area (Å²) in [6.45, 7) is 6.80. The maximum Gasteiger partial charge on any atom is 0.304 e. The van der Waals surface area contributed by atoms with Gasteiger partial charge in [0.25, 0.3) is 0 Å². The molecule has 4 heteroatoms. The molecular weight excluding hydrogens is 230 g/mol. The second-order valence-corrected chi connectivity index (χ2v) is 4.24. The monoisotopic (exact) mass is 251 g/mol. The molecule has 0 aliphatic heterocycles. The highest BCUT2D eigenvalue weighted by Gasteiger charge is 2.05. The number of nitrogens with zero attached hydrogens (tertiary/aromatic N) is 1. The van der Waals surface area contributed by atoms with Gasteiger partial charge in [0.15, 0.2) is 0 Å². The Morgan fingerprint density at radius 1 is 1.28 bits per heavy atom. The smallest absolute Gasteiger partial charge is 0.304 e. The number of carboxylic acid groups (broad SMARTS) is 1. The van der Waals surface area contributed by atoms with Gasteiger partial charge in [0.05, 0.1) is 6.42 Å². The predicted molar refractivity (Wildman–Crippen MR) is 71.0 cm³/mol. The van der Waals surface area contributed by atoms with Gasteiger partial charge < -0.3 is 9.84 Å². The molecule has 0 saturated heterocycles. The highest BCUT2D eigenvalue weighted by Crippen LogP contribution is 2.11. The first kappa shape index (κ1) is 14.5. The quantitative estimate of drug-likeness (QED) is 0.769. The third-order valence-electron chi connectivity index (χ3n) is 2.79. The Bertz CT molecular complexity index is 362. The van der Waals surface area contributed by atoms with E-state index in [0.29, 0.717) is 13.2 Å². The number of aryl methyl sites for hydroxylation is 1. The van der Waals surface area contributed by atoms with Crippen molar-refractivity contribution in [2.24, 2.45) is 0 Å². The molecule has 0 atom stereocenters. The lowest BCUT2D eigenvalue weighted by molar-refractivity contribution is -0.137. The van der Waals surface area contributed by atoms with E-state index in [2.05, 4.69) is 4.90 Å². The number of ether oxygens (including phenoxy) is 1. The molecule has 18 heavy (non-hydrogen) atoms. The minimum absolute atomic E-state index is 0.179. The molecule has 4 nitrogen and oxygen atoms in total. The van der Waals surface area contributed by atoms with Crippen LogP contribution in [0.5, 0.6) is 5.75 Å². The van der Waals surface area contributed by atoms with Crippen LogP contribution >= 0.6 is 0 Å². The van der Waals surface area contributed by atoms with Gasteiger partial charge in [-0.2, -0.15) is 0 Å². The SMILES string of the molecule is CCN(CCOc1ccc(C)cc1)CCC(=O)O. The first-order chi connectivity index (χ1) is 8.61. The lowest BCUT2D eigenvalue weighted by atomic mass is 10.2. The van der Waals surface area contributed by atoms with E-state index in [1.165, 1.54) is 5.56 Å². The molecule has 0 fully saturated rings. The van der Waals surface area contributed by atoms with Gasteiger partial charge in [-0.3, -0.25) is 9.69 Å². The van der Waals surface area contributed by atoms with Crippen molar-refractivity contribution < 1.29 is 14.6 Å². The first-order valence-corrected chi connectivity index (χ1v) is 6.25. The van der Waals surface area contributed by atoms with E-state index < -0.39 is 5.97 Å². The van der Waals surface area contributed by atoms with E-state index in [1.807, 2.05) is 38.1 Å². The number of likely N-dealkylation sites (N-methyl/N-ethyl adjacent to an activating group) is 1. The summed E-state index contributed by atoms with van der Waals surface area (Å²) in [4.78, 5) is 12.6. The lowest BCUT2D eigenvalue weighted by Crippen LogP contribution is -2.30. The Balaban J connectivity index is 2.26. The van der Waals surface area contributed by atoms with Crippen molar-refractivity contribution in [1.29, 1.82) is 0 Å². The summed E-state index contributed by atoms with van der Waals surface area (Å²) in [5.74, 6) is 0.0998. The fourth-order valence-electron chi connectivity index (χ4n) is 1.61. The van der Waals surface area contributed by atoms with Gasteiger partial charge in [-0.05, 0) is 25.6 Å². The molecule has 0 aromatic heterocycles. The Labute approximate surface area is 108 Å². The number of carbonyl (C=O) groups is 1. The molecule has 0 saturated carbocycles. The van der Waals surface area contributed by atoms with Crippen LogP contribution < -0.4 is 4.74 Å². The number of hydrogen-bond acceptors (Lipinski definition) is 3. The van der Waals surface area contributed by atoms with E-state index in [-0.39, 0.29) is 6.42 Å². The van der Waals surface area contributed by atoms with E-state index in [0.717, 1.165) is 18.8 Å². The maximum absolute atomic E-state index is 10.5. The zero-order chi connectivity index (χ0) is 13.4. The Kier molecular flexibility index (Phi) is 6.22. The molecule has 1 N–H and O–H groups in total. The van der Waals surface area contributed by atoms with Crippen LogP contribution in [0.15, 0.2) is 24.3 Å². The van der Waals surface area contributed by atoms with Crippen molar-refractivity contribution in [3.63, 3.8) is 0 Å². The number of benzene rings is 1. The van der Waals surface area contributed by atoms with E-state index >= 15 is 0 Å². The van der Waals surface area contributed by atoms with Crippen LogP contribution in [-0.4, -0.2) is 42.2 Å². The lowest BCUT2D eigenvalue weighted by Gasteiger charge is -2.19. The first-order valence-electron chi connectivity index (χ1n) is 6.25. The minimum Gasteiger partial charge on any atom is -0.492 e. The standard InChI is InChI=1S/C14H21NO3/c1-3-15(9-8-14(16)17)10-11-18-13-6-4-12(2)5-7-13/h4-7H,3,8-11H2,1-2H3,(H,16,17). The zero-order valence-corrected chi connectivity index (χ0v) is 11.1. The highest BCUT2D eigenvalue weighted by molar-refractivity contribution is 5.66. The molecule has 0 spiro atoms. The van der Waals surface area contributed by atoms with E-state index in [1.54, 1.807) is 0 Å². The summed E-state index contributed by atoms with van der Waals surface area (Å²) >= 11 is 0. The van der Waals surface area contributed by atoms with Crippen LogP contribution in [0, 0.1) is 6.92 Å². The molecule has 1 rings (SSSR count). The topological polar surface area (TPSA) is 49.8 Å². The maximum atomic E-state index is 10.5.